The molecule has 0 spiro atoms. The van der Waals surface area contributed by atoms with E-state index in [1.807, 2.05) is 25.4 Å². The summed E-state index contributed by atoms with van der Waals surface area (Å²) in [5.74, 6) is -0.470. The maximum Gasteiger partial charge on any atom is 0.209 e. The van der Waals surface area contributed by atoms with Gasteiger partial charge in [-0.3, -0.25) is 14.8 Å². The van der Waals surface area contributed by atoms with Gasteiger partial charge in [-0.05, 0) is 41.5 Å². The Hall–Kier alpha value is -4.42. The van der Waals surface area contributed by atoms with Gasteiger partial charge in [-0.25, -0.2) is 22.5 Å². The first-order valence-corrected chi connectivity index (χ1v) is 13.2. The number of H-pyrrole nitrogens is 2. The Labute approximate surface area is 210 Å². The van der Waals surface area contributed by atoms with Gasteiger partial charge in [-0.1, -0.05) is 0 Å². The van der Waals surface area contributed by atoms with E-state index in [1.165, 1.54) is 12.1 Å². The number of nitrogens with zero attached hydrogens (tertiary/aromatic N) is 5. The number of halogens is 1. The number of aromatic amines is 2. The predicted octanol–water partition coefficient (Wildman–Crippen LogP) is 3.76. The molecule has 1 aromatic carbocycles. The van der Waals surface area contributed by atoms with Gasteiger partial charge in [0.25, 0.3) is 0 Å². The number of rotatable bonds is 6. The van der Waals surface area contributed by atoms with E-state index in [9.17, 15) is 12.8 Å². The molecule has 0 fully saturated rings. The fourth-order valence-electron chi connectivity index (χ4n) is 4.37. The first kappa shape index (κ1) is 23.0. The molecule has 0 radical (unpaired) electrons. The van der Waals surface area contributed by atoms with Crippen molar-refractivity contribution in [2.45, 2.75) is 6.54 Å². The molecule has 0 saturated carbocycles. The molecule has 10 nitrogen and oxygen atoms in total. The fraction of sp³-hybridized carbons (Fsp3) is 0.120. The van der Waals surface area contributed by atoms with Crippen molar-refractivity contribution in [1.29, 1.82) is 0 Å². The van der Waals surface area contributed by atoms with Crippen molar-refractivity contribution in [2.24, 2.45) is 7.05 Å². The number of fused-ring (bicyclic) bond motifs is 2. The summed E-state index contributed by atoms with van der Waals surface area (Å²) >= 11 is 0. The van der Waals surface area contributed by atoms with E-state index < -0.39 is 15.8 Å². The van der Waals surface area contributed by atoms with E-state index in [4.69, 9.17) is 0 Å². The maximum atomic E-state index is 14.5. The van der Waals surface area contributed by atoms with Gasteiger partial charge in [-0.2, -0.15) is 10.2 Å². The summed E-state index contributed by atoms with van der Waals surface area (Å²) in [5, 5.41) is 13.4. The normalized spacial score (nSPS) is 12.1. The third kappa shape index (κ3) is 4.47. The van der Waals surface area contributed by atoms with Crippen LogP contribution in [0.3, 0.4) is 0 Å². The smallest absolute Gasteiger partial charge is 0.209 e. The van der Waals surface area contributed by atoms with Crippen LogP contribution in [0.1, 0.15) is 5.56 Å². The van der Waals surface area contributed by atoms with Crippen LogP contribution in [0, 0.1) is 5.82 Å². The first-order valence-electron chi connectivity index (χ1n) is 11.3. The van der Waals surface area contributed by atoms with Crippen LogP contribution in [-0.4, -0.2) is 49.6 Å². The zero-order valence-electron chi connectivity index (χ0n) is 19.8. The Morgan fingerprint density at radius 2 is 1.86 bits per heavy atom. The molecule has 0 bridgehead atoms. The molecule has 5 heterocycles. The summed E-state index contributed by atoms with van der Waals surface area (Å²) in [6.45, 7) is -0.0170. The molecule has 0 aliphatic rings. The van der Waals surface area contributed by atoms with Crippen molar-refractivity contribution < 1.29 is 12.8 Å². The van der Waals surface area contributed by atoms with Gasteiger partial charge in [0.05, 0.1) is 29.9 Å². The first-order chi connectivity index (χ1) is 17.7. The van der Waals surface area contributed by atoms with Crippen LogP contribution in [0.15, 0.2) is 61.3 Å². The molecule has 0 aliphatic carbocycles. The highest BCUT2D eigenvalue weighted by Crippen LogP contribution is 2.34. The minimum Gasteiger partial charge on any atom is -0.352 e. The average Bonchev–Trinajstić information content (AvgIpc) is 3.58. The Bertz CT molecular complexity index is 1900. The Kier molecular flexibility index (Phi) is 5.35. The van der Waals surface area contributed by atoms with E-state index in [2.05, 4.69) is 35.0 Å². The second-order valence-electron chi connectivity index (χ2n) is 8.87. The van der Waals surface area contributed by atoms with Crippen LogP contribution >= 0.6 is 0 Å². The topological polar surface area (TPSA) is 134 Å². The third-order valence-corrected chi connectivity index (χ3v) is 6.73. The van der Waals surface area contributed by atoms with Crippen LogP contribution in [0.25, 0.3) is 55.6 Å². The molecule has 0 atom stereocenters. The molecular formula is C25H21FN8O2S. The van der Waals surface area contributed by atoms with Crippen LogP contribution in [0.4, 0.5) is 4.39 Å². The summed E-state index contributed by atoms with van der Waals surface area (Å²) < 4.78 is 41.6. The van der Waals surface area contributed by atoms with Crippen molar-refractivity contribution >= 4 is 32.0 Å². The molecule has 0 unspecified atom stereocenters. The Morgan fingerprint density at radius 3 is 2.65 bits per heavy atom. The molecule has 6 aromatic rings. The zero-order valence-corrected chi connectivity index (χ0v) is 20.6. The van der Waals surface area contributed by atoms with Gasteiger partial charge < -0.3 is 4.98 Å². The monoisotopic (exact) mass is 516 g/mol. The number of sulfonamides is 1. The van der Waals surface area contributed by atoms with Crippen LogP contribution in [-0.2, 0) is 23.6 Å². The fourth-order valence-corrected chi connectivity index (χ4v) is 4.80. The Balaban J connectivity index is 1.43. The summed E-state index contributed by atoms with van der Waals surface area (Å²) in [4.78, 5) is 12.2. The number of hydrogen-bond donors (Lipinski definition) is 3. The van der Waals surface area contributed by atoms with Crippen LogP contribution in [0.2, 0.25) is 0 Å². The SMILES string of the molecule is Cn1cc(-c2cnc3[nH]nc(-c4cc5c(-c6cc(F)cc(CNS(C)(=O)=O)c6)cncc5[nH]4)c3c2)cn1. The summed E-state index contributed by atoms with van der Waals surface area (Å²) in [6, 6.07) is 8.41. The number of benzene rings is 1. The minimum atomic E-state index is -3.42. The van der Waals surface area contributed by atoms with E-state index in [1.54, 1.807) is 35.5 Å². The van der Waals surface area contributed by atoms with Crippen molar-refractivity contribution in [3.63, 3.8) is 0 Å². The summed E-state index contributed by atoms with van der Waals surface area (Å²) in [7, 11) is -1.56. The van der Waals surface area contributed by atoms with E-state index in [0.717, 1.165) is 39.4 Å². The lowest BCUT2D eigenvalue weighted by molar-refractivity contribution is 0.586. The zero-order chi connectivity index (χ0) is 25.7. The van der Waals surface area contributed by atoms with Gasteiger partial charge in [0.1, 0.15) is 11.5 Å². The number of hydrogen-bond acceptors (Lipinski definition) is 6. The van der Waals surface area contributed by atoms with E-state index in [-0.39, 0.29) is 6.54 Å². The molecular weight excluding hydrogens is 495 g/mol. The lowest BCUT2D eigenvalue weighted by atomic mass is 10.0. The van der Waals surface area contributed by atoms with Crippen molar-refractivity contribution in [3.8, 4) is 33.6 Å². The van der Waals surface area contributed by atoms with Gasteiger partial charge in [-0.15, -0.1) is 0 Å². The molecule has 12 heteroatoms. The van der Waals surface area contributed by atoms with Gasteiger partial charge in [0.2, 0.25) is 10.0 Å². The second kappa shape index (κ2) is 8.61. The lowest BCUT2D eigenvalue weighted by Gasteiger charge is -2.08. The maximum absolute atomic E-state index is 14.5. The number of aryl methyl sites for hydroxylation is 1. The van der Waals surface area contributed by atoms with Gasteiger partial charge in [0, 0.05) is 59.6 Å². The summed E-state index contributed by atoms with van der Waals surface area (Å²) in [6.07, 6.45) is 9.89. The standard InChI is InChI=1S/C25H21FN8O2S/c1-34-13-17(10-29-34)16-6-20-24(32-33-25(20)28-9-16)22-7-19-21(11-27-12-23(19)31-22)15-3-14(4-18(26)5-15)8-30-37(2,35)36/h3-7,9-13,30-31H,8H2,1-2H3,(H,28,32,33). The molecule has 0 aliphatic heterocycles. The van der Waals surface area contributed by atoms with Gasteiger partial charge in [0.15, 0.2) is 5.65 Å². The predicted molar refractivity (Wildman–Crippen MR) is 138 cm³/mol. The minimum absolute atomic E-state index is 0.0170. The van der Waals surface area contributed by atoms with Crippen molar-refractivity contribution in [3.05, 3.63) is 72.7 Å². The van der Waals surface area contributed by atoms with Crippen LogP contribution < -0.4 is 4.72 Å². The third-order valence-electron chi connectivity index (χ3n) is 6.06. The average molecular weight is 517 g/mol. The molecule has 6 rings (SSSR count). The highest BCUT2D eigenvalue weighted by molar-refractivity contribution is 7.88. The molecule has 0 amide bonds. The molecule has 37 heavy (non-hydrogen) atoms. The molecule has 0 saturated heterocycles. The highest BCUT2D eigenvalue weighted by atomic mass is 32.2. The van der Waals surface area contributed by atoms with Crippen molar-refractivity contribution in [2.75, 3.05) is 6.26 Å². The number of pyridine rings is 2. The number of nitrogens with one attached hydrogen (secondary N) is 3. The molecule has 186 valence electrons. The second-order valence-corrected chi connectivity index (χ2v) is 10.7. The van der Waals surface area contributed by atoms with Gasteiger partial charge >= 0.3 is 0 Å². The largest absolute Gasteiger partial charge is 0.352 e. The van der Waals surface area contributed by atoms with Crippen LogP contribution in [0.5, 0.6) is 0 Å². The van der Waals surface area contributed by atoms with Crippen molar-refractivity contribution in [1.82, 2.24) is 39.7 Å². The number of aromatic nitrogens is 7. The molecule has 5 aromatic heterocycles. The van der Waals surface area contributed by atoms with E-state index >= 15 is 0 Å². The Morgan fingerprint density at radius 1 is 1.00 bits per heavy atom. The van der Waals surface area contributed by atoms with E-state index in [0.29, 0.717) is 28.0 Å². The summed E-state index contributed by atoms with van der Waals surface area (Å²) in [5.41, 5.74) is 6.48. The molecule has 3 N–H and O–H groups in total. The highest BCUT2D eigenvalue weighted by Gasteiger charge is 2.16. The quantitative estimate of drug-likeness (QED) is 0.309. The lowest BCUT2D eigenvalue weighted by Crippen LogP contribution is -2.21.